The van der Waals surface area contributed by atoms with Crippen molar-refractivity contribution in [3.05, 3.63) is 29.3 Å². The predicted octanol–water partition coefficient (Wildman–Crippen LogP) is 2.55. The number of aromatic carboxylic acids is 1. The van der Waals surface area contributed by atoms with E-state index in [1.807, 2.05) is 6.92 Å². The van der Waals surface area contributed by atoms with Gasteiger partial charge in [0, 0.05) is 12.0 Å². The van der Waals surface area contributed by atoms with Crippen molar-refractivity contribution in [2.45, 2.75) is 56.6 Å². The molecule has 0 radical (unpaired) electrons. The van der Waals surface area contributed by atoms with Gasteiger partial charge in [0.25, 0.3) is 0 Å². The lowest BCUT2D eigenvalue weighted by molar-refractivity contribution is -0.255. The Labute approximate surface area is 131 Å². The number of fused-ring (bicyclic) bond motifs is 2. The van der Waals surface area contributed by atoms with E-state index < -0.39 is 29.1 Å². The van der Waals surface area contributed by atoms with Gasteiger partial charge in [-0.25, -0.2) is 0 Å². The molecule has 3 rings (SSSR count). The molecule has 0 saturated carbocycles. The summed E-state index contributed by atoms with van der Waals surface area (Å²) in [6.45, 7) is 1.83. The molecule has 0 spiro atoms. The third-order valence-corrected chi connectivity index (χ3v) is 4.70. The van der Waals surface area contributed by atoms with E-state index in [0.29, 0.717) is 12.8 Å². The maximum atomic E-state index is 13.2. The lowest BCUT2D eigenvalue weighted by Crippen LogP contribution is -2.45. The van der Waals surface area contributed by atoms with Crippen LogP contribution in [-0.4, -0.2) is 23.8 Å². The minimum Gasteiger partial charge on any atom is -0.545 e. The Hall–Kier alpha value is -1.76. The van der Waals surface area contributed by atoms with Gasteiger partial charge >= 0.3 is 6.18 Å². The van der Waals surface area contributed by atoms with Gasteiger partial charge in [0.2, 0.25) is 0 Å². The normalized spacial score (nSPS) is 29.7. The number of carboxylic acids is 1. The zero-order valence-corrected chi connectivity index (χ0v) is 12.5. The summed E-state index contributed by atoms with van der Waals surface area (Å²) >= 11 is 0. The third kappa shape index (κ3) is 2.78. The van der Waals surface area contributed by atoms with Crippen LogP contribution in [-0.2, 0) is 10.9 Å². The molecular formula is C16H16F3O4-. The Balaban J connectivity index is 2.00. The summed E-state index contributed by atoms with van der Waals surface area (Å²) in [7, 11) is 0. The van der Waals surface area contributed by atoms with Crippen LogP contribution >= 0.6 is 0 Å². The average molecular weight is 329 g/mol. The van der Waals surface area contributed by atoms with Crippen LogP contribution in [0.5, 0.6) is 5.75 Å². The first-order chi connectivity index (χ1) is 10.7. The summed E-state index contributed by atoms with van der Waals surface area (Å²) in [6.07, 6.45) is -2.28. The molecular weight excluding hydrogens is 313 g/mol. The molecule has 2 heterocycles. The number of alkyl halides is 3. The van der Waals surface area contributed by atoms with E-state index in [9.17, 15) is 23.1 Å². The van der Waals surface area contributed by atoms with Gasteiger partial charge in [-0.1, -0.05) is 13.0 Å². The molecule has 1 aromatic rings. The topological polar surface area (TPSA) is 58.6 Å². The highest BCUT2D eigenvalue weighted by atomic mass is 19.4. The van der Waals surface area contributed by atoms with E-state index in [4.69, 9.17) is 9.47 Å². The SMILES string of the molecule is CCC1(Oc2cc(C(=O)[O-])ccc2C(F)(F)F)CC2CCC1O2. The second kappa shape index (κ2) is 5.40. The Morgan fingerprint density at radius 1 is 1.43 bits per heavy atom. The van der Waals surface area contributed by atoms with Crippen molar-refractivity contribution in [2.75, 3.05) is 0 Å². The molecule has 3 unspecified atom stereocenters. The van der Waals surface area contributed by atoms with Crippen molar-refractivity contribution in [1.29, 1.82) is 0 Å². The number of ether oxygens (including phenoxy) is 2. The molecule has 2 aliphatic heterocycles. The van der Waals surface area contributed by atoms with Crippen molar-refractivity contribution in [2.24, 2.45) is 0 Å². The van der Waals surface area contributed by atoms with E-state index in [0.717, 1.165) is 31.0 Å². The molecule has 0 aliphatic carbocycles. The zero-order valence-electron chi connectivity index (χ0n) is 12.5. The van der Waals surface area contributed by atoms with Crippen molar-refractivity contribution in [3.8, 4) is 5.75 Å². The minimum atomic E-state index is -4.63. The lowest BCUT2D eigenvalue weighted by atomic mass is 9.82. The Kier molecular flexibility index (Phi) is 3.78. The van der Waals surface area contributed by atoms with Crippen LogP contribution < -0.4 is 9.84 Å². The number of carbonyl (C=O) groups excluding carboxylic acids is 1. The van der Waals surface area contributed by atoms with Gasteiger partial charge in [-0.2, -0.15) is 13.2 Å². The van der Waals surface area contributed by atoms with E-state index >= 15 is 0 Å². The maximum Gasteiger partial charge on any atom is 0.419 e. The first kappa shape index (κ1) is 16.1. The molecule has 4 nitrogen and oxygen atoms in total. The van der Waals surface area contributed by atoms with Crippen LogP contribution in [0, 0.1) is 0 Å². The number of halogens is 3. The minimum absolute atomic E-state index is 0.00129. The first-order valence-electron chi connectivity index (χ1n) is 7.52. The fraction of sp³-hybridized carbons (Fsp3) is 0.562. The highest BCUT2D eigenvalue weighted by Crippen LogP contribution is 2.48. The summed E-state index contributed by atoms with van der Waals surface area (Å²) in [5, 5.41) is 11.0. The highest BCUT2D eigenvalue weighted by Gasteiger charge is 2.54. The van der Waals surface area contributed by atoms with Crippen LogP contribution in [0.25, 0.3) is 0 Å². The summed E-state index contributed by atoms with van der Waals surface area (Å²) in [5.74, 6) is -2.02. The molecule has 2 saturated heterocycles. The Bertz CT molecular complexity index is 628. The molecule has 3 atom stereocenters. The molecule has 2 fully saturated rings. The fourth-order valence-corrected chi connectivity index (χ4v) is 3.50. The van der Waals surface area contributed by atoms with E-state index in [-0.39, 0.29) is 17.8 Å². The highest BCUT2D eigenvalue weighted by molar-refractivity contribution is 5.86. The van der Waals surface area contributed by atoms with Gasteiger partial charge < -0.3 is 19.4 Å². The molecule has 2 aliphatic rings. The number of hydrogen-bond acceptors (Lipinski definition) is 4. The number of hydrogen-bond donors (Lipinski definition) is 0. The number of benzene rings is 1. The molecule has 0 aromatic heterocycles. The summed E-state index contributed by atoms with van der Waals surface area (Å²) in [4.78, 5) is 11.0. The average Bonchev–Trinajstić information content (AvgIpc) is 3.07. The number of rotatable bonds is 4. The van der Waals surface area contributed by atoms with Crippen molar-refractivity contribution < 1.29 is 32.5 Å². The standard InChI is InChI=1S/C16H17F3O4/c1-2-15(8-10-4-6-13(15)22-10)23-12-7-9(14(20)21)3-5-11(12)16(17,18)19/h3,5,7,10,13H,2,4,6,8H2,1H3,(H,20,21)/p-1. The first-order valence-corrected chi connectivity index (χ1v) is 7.52. The van der Waals surface area contributed by atoms with Crippen LogP contribution in [0.2, 0.25) is 0 Å². The second-order valence-electron chi connectivity index (χ2n) is 6.04. The molecule has 7 heteroatoms. The van der Waals surface area contributed by atoms with Gasteiger partial charge in [0.05, 0.1) is 23.7 Å². The quantitative estimate of drug-likeness (QED) is 0.852. The third-order valence-electron chi connectivity index (χ3n) is 4.70. The molecule has 0 N–H and O–H groups in total. The van der Waals surface area contributed by atoms with Gasteiger partial charge in [0.1, 0.15) is 11.4 Å². The molecule has 126 valence electrons. The zero-order chi connectivity index (χ0) is 16.8. The van der Waals surface area contributed by atoms with Crippen LogP contribution in [0.3, 0.4) is 0 Å². The predicted molar refractivity (Wildman–Crippen MR) is 71.9 cm³/mol. The molecule has 0 amide bonds. The monoisotopic (exact) mass is 329 g/mol. The van der Waals surface area contributed by atoms with E-state index in [1.54, 1.807) is 0 Å². The lowest BCUT2D eigenvalue weighted by Gasteiger charge is -2.36. The summed E-state index contributed by atoms with van der Waals surface area (Å²) < 4.78 is 51.1. The van der Waals surface area contributed by atoms with Gasteiger partial charge in [-0.15, -0.1) is 0 Å². The second-order valence-corrected chi connectivity index (χ2v) is 6.04. The molecule has 2 bridgehead atoms. The molecule has 23 heavy (non-hydrogen) atoms. The van der Waals surface area contributed by atoms with Crippen LogP contribution in [0.4, 0.5) is 13.2 Å². The Morgan fingerprint density at radius 3 is 2.65 bits per heavy atom. The van der Waals surface area contributed by atoms with Crippen LogP contribution in [0.15, 0.2) is 18.2 Å². The van der Waals surface area contributed by atoms with Crippen LogP contribution in [0.1, 0.15) is 48.5 Å². The van der Waals surface area contributed by atoms with Gasteiger partial charge in [0.15, 0.2) is 0 Å². The largest absolute Gasteiger partial charge is 0.545 e. The van der Waals surface area contributed by atoms with Gasteiger partial charge in [-0.05, 0) is 31.4 Å². The van der Waals surface area contributed by atoms with E-state index in [1.165, 1.54) is 0 Å². The van der Waals surface area contributed by atoms with Gasteiger partial charge in [-0.3, -0.25) is 0 Å². The number of carboxylic acid groups (broad SMARTS) is 1. The van der Waals surface area contributed by atoms with E-state index in [2.05, 4.69) is 0 Å². The number of carbonyl (C=O) groups is 1. The van der Waals surface area contributed by atoms with Crippen molar-refractivity contribution in [3.63, 3.8) is 0 Å². The summed E-state index contributed by atoms with van der Waals surface area (Å²) in [6, 6.07) is 2.49. The van der Waals surface area contributed by atoms with Crippen molar-refractivity contribution >= 4 is 5.97 Å². The maximum absolute atomic E-state index is 13.2. The summed E-state index contributed by atoms with van der Waals surface area (Å²) in [5.41, 5.74) is -2.17. The van der Waals surface area contributed by atoms with Crippen molar-refractivity contribution in [1.82, 2.24) is 0 Å². The smallest absolute Gasteiger partial charge is 0.419 e. The fourth-order valence-electron chi connectivity index (χ4n) is 3.50. The molecule has 1 aromatic carbocycles. The Morgan fingerprint density at radius 2 is 2.17 bits per heavy atom.